The zero-order valence-electron chi connectivity index (χ0n) is 16.2. The van der Waals surface area contributed by atoms with E-state index in [-0.39, 0.29) is 5.97 Å². The maximum absolute atomic E-state index is 11.5. The normalized spacial score (nSPS) is 13.8. The van der Waals surface area contributed by atoms with Crippen molar-refractivity contribution in [3.05, 3.63) is 54.1 Å². The molecule has 2 aromatic rings. The number of carbonyl (C=O) groups is 1. The number of rotatable bonds is 5. The minimum Gasteiger partial charge on any atom is -0.492 e. The van der Waals surface area contributed by atoms with Crippen LogP contribution in [0.2, 0.25) is 0 Å². The molecule has 0 unspecified atom stereocenters. The molecule has 6 nitrogen and oxygen atoms in total. The van der Waals surface area contributed by atoms with Gasteiger partial charge in [-0.3, -0.25) is 0 Å². The molecule has 7 heteroatoms. The van der Waals surface area contributed by atoms with E-state index in [1.54, 1.807) is 12.1 Å². The molecule has 0 saturated carbocycles. The maximum atomic E-state index is 11.5. The summed E-state index contributed by atoms with van der Waals surface area (Å²) in [7, 11) is 1.37. The number of para-hydroxylation sites is 2. The van der Waals surface area contributed by atoms with Gasteiger partial charge in [0.1, 0.15) is 5.75 Å². The van der Waals surface area contributed by atoms with Crippen molar-refractivity contribution in [3.8, 4) is 5.75 Å². The topological polar surface area (TPSA) is 54.0 Å². The fourth-order valence-corrected chi connectivity index (χ4v) is 3.46. The Morgan fingerprint density at radius 3 is 2.39 bits per heavy atom. The van der Waals surface area contributed by atoms with E-state index in [0.29, 0.717) is 17.3 Å². The molecule has 1 fully saturated rings. The number of carbonyl (C=O) groups excluding carboxylic acids is 1. The minimum atomic E-state index is -0.349. The van der Waals surface area contributed by atoms with Crippen LogP contribution in [0, 0.1) is 0 Å². The highest BCUT2D eigenvalue weighted by Gasteiger charge is 2.21. The molecule has 0 radical (unpaired) electrons. The Hall–Kier alpha value is -2.80. The van der Waals surface area contributed by atoms with E-state index in [4.69, 9.17) is 21.7 Å². The van der Waals surface area contributed by atoms with Crippen molar-refractivity contribution < 1.29 is 14.3 Å². The zero-order chi connectivity index (χ0) is 19.9. The third-order valence-corrected chi connectivity index (χ3v) is 4.99. The van der Waals surface area contributed by atoms with Crippen LogP contribution in [0.1, 0.15) is 17.3 Å². The van der Waals surface area contributed by atoms with Crippen LogP contribution in [0.4, 0.5) is 11.4 Å². The third-order valence-electron chi connectivity index (χ3n) is 4.63. The van der Waals surface area contributed by atoms with E-state index in [2.05, 4.69) is 21.2 Å². The second-order valence-electron chi connectivity index (χ2n) is 6.37. The summed E-state index contributed by atoms with van der Waals surface area (Å²) in [6, 6.07) is 15.2. The summed E-state index contributed by atoms with van der Waals surface area (Å²) in [5, 5.41) is 3.93. The van der Waals surface area contributed by atoms with Crippen LogP contribution in [-0.4, -0.2) is 55.9 Å². The lowest BCUT2D eigenvalue weighted by Crippen LogP contribution is -2.50. The second-order valence-corrected chi connectivity index (χ2v) is 6.76. The van der Waals surface area contributed by atoms with Gasteiger partial charge in [-0.15, -0.1) is 0 Å². The molecule has 1 heterocycles. The fourth-order valence-electron chi connectivity index (χ4n) is 3.16. The molecule has 148 valence electrons. The highest BCUT2D eigenvalue weighted by molar-refractivity contribution is 7.80. The highest BCUT2D eigenvalue weighted by Crippen LogP contribution is 2.28. The summed E-state index contributed by atoms with van der Waals surface area (Å²) in [6.07, 6.45) is 0. The zero-order valence-corrected chi connectivity index (χ0v) is 17.0. The monoisotopic (exact) mass is 399 g/mol. The van der Waals surface area contributed by atoms with Crippen molar-refractivity contribution in [1.29, 1.82) is 0 Å². The van der Waals surface area contributed by atoms with Gasteiger partial charge in [0.15, 0.2) is 5.11 Å². The third kappa shape index (κ3) is 4.72. The fraction of sp³-hybridized carbons (Fsp3) is 0.333. The smallest absolute Gasteiger partial charge is 0.337 e. The lowest BCUT2D eigenvalue weighted by atomic mass is 10.2. The summed E-state index contributed by atoms with van der Waals surface area (Å²) in [5.41, 5.74) is 2.49. The Morgan fingerprint density at radius 2 is 1.75 bits per heavy atom. The molecule has 1 saturated heterocycles. The lowest BCUT2D eigenvalue weighted by molar-refractivity contribution is 0.0601. The Balaban J connectivity index is 1.56. The molecule has 1 N–H and O–H groups in total. The van der Waals surface area contributed by atoms with E-state index in [1.165, 1.54) is 7.11 Å². The van der Waals surface area contributed by atoms with Crippen molar-refractivity contribution in [2.75, 3.05) is 50.1 Å². The maximum Gasteiger partial charge on any atom is 0.337 e. The average Bonchev–Trinajstić information content (AvgIpc) is 2.74. The van der Waals surface area contributed by atoms with Crippen LogP contribution in [0.3, 0.4) is 0 Å². The van der Waals surface area contributed by atoms with E-state index in [9.17, 15) is 4.79 Å². The number of piperazine rings is 1. The van der Waals surface area contributed by atoms with Crippen molar-refractivity contribution in [1.82, 2.24) is 4.90 Å². The number of hydrogen-bond acceptors (Lipinski definition) is 5. The van der Waals surface area contributed by atoms with Gasteiger partial charge in [-0.2, -0.15) is 0 Å². The minimum absolute atomic E-state index is 0.349. The standard InChI is InChI=1S/C21H25N3O3S/c1-3-27-19-7-5-4-6-18(19)23-12-14-24(15-13-23)21(28)22-17-10-8-16(9-11-17)20(25)26-2/h4-11H,3,12-15H2,1-2H3,(H,22,28). The van der Waals surface area contributed by atoms with E-state index < -0.39 is 0 Å². The summed E-state index contributed by atoms with van der Waals surface area (Å²) in [5.74, 6) is 0.572. The predicted molar refractivity (Wildman–Crippen MR) is 115 cm³/mol. The SMILES string of the molecule is CCOc1ccccc1N1CCN(C(=S)Nc2ccc(C(=O)OC)cc2)CC1. The Bertz CT molecular complexity index is 818. The van der Waals surface area contributed by atoms with Gasteiger partial charge in [-0.05, 0) is 55.5 Å². The summed E-state index contributed by atoms with van der Waals surface area (Å²) >= 11 is 5.57. The van der Waals surface area contributed by atoms with Gasteiger partial charge in [0.2, 0.25) is 0 Å². The van der Waals surface area contributed by atoms with Crippen LogP contribution in [0.15, 0.2) is 48.5 Å². The largest absolute Gasteiger partial charge is 0.492 e. The number of nitrogens with one attached hydrogen (secondary N) is 1. The van der Waals surface area contributed by atoms with Crippen molar-refractivity contribution in [2.24, 2.45) is 0 Å². The first-order valence-electron chi connectivity index (χ1n) is 9.33. The lowest BCUT2D eigenvalue weighted by Gasteiger charge is -2.38. The van der Waals surface area contributed by atoms with Gasteiger partial charge >= 0.3 is 5.97 Å². The van der Waals surface area contributed by atoms with Crippen LogP contribution in [-0.2, 0) is 4.74 Å². The van der Waals surface area contributed by atoms with Crippen LogP contribution < -0.4 is 15.0 Å². The number of benzene rings is 2. The molecule has 0 spiro atoms. The molecule has 0 atom stereocenters. The van der Waals surface area contributed by atoms with E-state index in [0.717, 1.165) is 43.3 Å². The first-order valence-corrected chi connectivity index (χ1v) is 9.74. The molecule has 0 bridgehead atoms. The van der Waals surface area contributed by atoms with Crippen LogP contribution in [0.5, 0.6) is 5.75 Å². The van der Waals surface area contributed by atoms with Gasteiger partial charge in [0.05, 0.1) is 25.0 Å². The van der Waals surface area contributed by atoms with E-state index >= 15 is 0 Å². The van der Waals surface area contributed by atoms with Crippen LogP contribution in [0.25, 0.3) is 0 Å². The first-order chi connectivity index (χ1) is 13.6. The van der Waals surface area contributed by atoms with Gasteiger partial charge in [-0.1, -0.05) is 12.1 Å². The molecule has 1 aliphatic rings. The molecule has 0 aromatic heterocycles. The van der Waals surface area contributed by atoms with Crippen molar-refractivity contribution >= 4 is 34.7 Å². The van der Waals surface area contributed by atoms with Gasteiger partial charge in [0, 0.05) is 31.9 Å². The molecule has 1 aliphatic heterocycles. The number of thiocarbonyl (C=S) groups is 1. The van der Waals surface area contributed by atoms with Crippen LogP contribution >= 0.6 is 12.2 Å². The molecule has 3 rings (SSSR count). The van der Waals surface area contributed by atoms with Gasteiger partial charge in [-0.25, -0.2) is 4.79 Å². The van der Waals surface area contributed by atoms with Crippen molar-refractivity contribution in [2.45, 2.75) is 6.92 Å². The molecule has 0 amide bonds. The second kappa shape index (κ2) is 9.41. The molecule has 2 aromatic carbocycles. The molecular weight excluding hydrogens is 374 g/mol. The van der Waals surface area contributed by atoms with Gasteiger partial charge in [0.25, 0.3) is 0 Å². The van der Waals surface area contributed by atoms with Crippen molar-refractivity contribution in [3.63, 3.8) is 0 Å². The number of ether oxygens (including phenoxy) is 2. The Kier molecular flexibility index (Phi) is 6.71. The highest BCUT2D eigenvalue weighted by atomic mass is 32.1. The Morgan fingerprint density at radius 1 is 1.07 bits per heavy atom. The summed E-state index contributed by atoms with van der Waals surface area (Å²) < 4.78 is 10.5. The van der Waals surface area contributed by atoms with Gasteiger partial charge < -0.3 is 24.6 Å². The molecule has 28 heavy (non-hydrogen) atoms. The first kappa shape index (κ1) is 19.9. The van der Waals surface area contributed by atoms with E-state index in [1.807, 2.05) is 37.3 Å². The average molecular weight is 400 g/mol. The number of nitrogens with zero attached hydrogens (tertiary/aromatic N) is 2. The number of anilines is 2. The summed E-state index contributed by atoms with van der Waals surface area (Å²) in [6.45, 7) is 6.04. The predicted octanol–water partition coefficient (Wildman–Crippen LogP) is 3.39. The molecular formula is C21H25N3O3S. The quantitative estimate of drug-likeness (QED) is 0.611. The molecule has 0 aliphatic carbocycles. The number of esters is 1. The Labute approximate surface area is 171 Å². The number of hydrogen-bond donors (Lipinski definition) is 1. The number of methoxy groups -OCH3 is 1. The summed E-state index contributed by atoms with van der Waals surface area (Å²) in [4.78, 5) is 16.0.